The minimum atomic E-state index is -2.81. The molecule has 0 saturated carbocycles. The van der Waals surface area contributed by atoms with Gasteiger partial charge >= 0.3 is 6.61 Å². The molecule has 1 heterocycles. The van der Waals surface area contributed by atoms with Gasteiger partial charge in [-0.15, -0.1) is 0 Å². The molecule has 2 rings (SSSR count). The number of benzene rings is 1. The lowest BCUT2D eigenvalue weighted by atomic mass is 10.2. The van der Waals surface area contributed by atoms with Gasteiger partial charge in [0.25, 0.3) is 0 Å². The smallest absolute Gasteiger partial charge is 0.387 e. The Balaban J connectivity index is 1.67. The third-order valence-electron chi connectivity index (χ3n) is 4.00. The van der Waals surface area contributed by atoms with Gasteiger partial charge in [-0.25, -0.2) is 4.98 Å². The third-order valence-corrected chi connectivity index (χ3v) is 4.00. The van der Waals surface area contributed by atoms with Crippen molar-refractivity contribution in [1.29, 1.82) is 0 Å². The van der Waals surface area contributed by atoms with Gasteiger partial charge in [0, 0.05) is 39.9 Å². The SMILES string of the molecule is CN=C(NCCCCNc1ccccn1)N(C)Cc1ccc(OC(F)F)cc1. The highest BCUT2D eigenvalue weighted by Crippen LogP contribution is 2.15. The summed E-state index contributed by atoms with van der Waals surface area (Å²) in [6.45, 7) is -0.534. The monoisotopic (exact) mass is 391 g/mol. The Morgan fingerprint density at radius 2 is 1.89 bits per heavy atom. The van der Waals surface area contributed by atoms with Crippen molar-refractivity contribution >= 4 is 11.8 Å². The molecular weight excluding hydrogens is 364 g/mol. The quantitative estimate of drug-likeness (QED) is 0.368. The molecule has 0 fully saturated rings. The highest BCUT2D eigenvalue weighted by molar-refractivity contribution is 5.79. The van der Waals surface area contributed by atoms with Gasteiger partial charge in [0.1, 0.15) is 11.6 Å². The number of nitrogens with zero attached hydrogens (tertiary/aromatic N) is 3. The Bertz CT molecular complexity index is 710. The molecule has 0 aliphatic heterocycles. The van der Waals surface area contributed by atoms with Crippen LogP contribution < -0.4 is 15.4 Å². The number of unbranched alkanes of at least 4 members (excludes halogenated alkanes) is 1. The molecule has 2 aromatic rings. The van der Waals surface area contributed by atoms with E-state index in [9.17, 15) is 8.78 Å². The maximum absolute atomic E-state index is 12.2. The minimum absolute atomic E-state index is 0.156. The van der Waals surface area contributed by atoms with Gasteiger partial charge in [-0.2, -0.15) is 8.78 Å². The zero-order valence-corrected chi connectivity index (χ0v) is 16.2. The summed E-state index contributed by atoms with van der Waals surface area (Å²) >= 11 is 0. The largest absolute Gasteiger partial charge is 0.435 e. The first kappa shape index (κ1) is 21.4. The molecule has 0 spiro atoms. The zero-order chi connectivity index (χ0) is 20.2. The number of guanidine groups is 1. The van der Waals surface area contributed by atoms with Crippen molar-refractivity contribution in [3.63, 3.8) is 0 Å². The van der Waals surface area contributed by atoms with Gasteiger partial charge < -0.3 is 20.3 Å². The van der Waals surface area contributed by atoms with E-state index in [2.05, 4.69) is 25.3 Å². The van der Waals surface area contributed by atoms with Gasteiger partial charge in [-0.1, -0.05) is 18.2 Å². The number of aromatic nitrogens is 1. The van der Waals surface area contributed by atoms with Gasteiger partial charge in [0.15, 0.2) is 5.96 Å². The Labute approximate surface area is 164 Å². The summed E-state index contributed by atoms with van der Waals surface area (Å²) in [4.78, 5) is 10.5. The topological polar surface area (TPSA) is 61.8 Å². The summed E-state index contributed by atoms with van der Waals surface area (Å²) < 4.78 is 28.8. The Morgan fingerprint density at radius 1 is 1.14 bits per heavy atom. The van der Waals surface area contributed by atoms with Crippen LogP contribution >= 0.6 is 0 Å². The standard InChI is InChI=1S/C20H27F2N5O/c1-23-20(26-14-6-5-13-25-18-7-3-4-12-24-18)27(2)15-16-8-10-17(11-9-16)28-19(21)22/h3-4,7-12,19H,5-6,13-15H2,1-2H3,(H,23,26)(H,24,25). The zero-order valence-electron chi connectivity index (χ0n) is 16.2. The van der Waals surface area contributed by atoms with Crippen LogP contribution in [0.3, 0.4) is 0 Å². The summed E-state index contributed by atoms with van der Waals surface area (Å²) in [5, 5.41) is 6.62. The van der Waals surface area contributed by atoms with Crippen LogP contribution in [-0.4, -0.2) is 49.6 Å². The number of alkyl halides is 2. The number of ether oxygens (including phenoxy) is 1. The number of aliphatic imine (C=N–C) groups is 1. The summed E-state index contributed by atoms with van der Waals surface area (Å²) in [7, 11) is 3.67. The minimum Gasteiger partial charge on any atom is -0.435 e. The number of halogens is 2. The number of hydrogen-bond acceptors (Lipinski definition) is 4. The lowest BCUT2D eigenvalue weighted by Crippen LogP contribution is -2.38. The van der Waals surface area contributed by atoms with Crippen LogP contribution in [0.1, 0.15) is 18.4 Å². The van der Waals surface area contributed by atoms with E-state index < -0.39 is 6.61 Å². The number of nitrogens with one attached hydrogen (secondary N) is 2. The normalized spacial score (nSPS) is 11.4. The summed E-state index contributed by atoms with van der Waals surface area (Å²) in [5.74, 6) is 1.82. The van der Waals surface area contributed by atoms with Crippen LogP contribution in [0.5, 0.6) is 5.75 Å². The average Bonchev–Trinajstić information content (AvgIpc) is 2.69. The molecule has 152 valence electrons. The van der Waals surface area contributed by atoms with E-state index in [1.54, 1.807) is 37.5 Å². The molecule has 8 heteroatoms. The molecule has 0 bridgehead atoms. The third kappa shape index (κ3) is 7.77. The van der Waals surface area contributed by atoms with E-state index in [0.717, 1.165) is 43.3 Å². The van der Waals surface area contributed by atoms with Crippen LogP contribution in [-0.2, 0) is 6.54 Å². The molecule has 1 aromatic heterocycles. The van der Waals surface area contributed by atoms with E-state index >= 15 is 0 Å². The second kappa shape index (κ2) is 11.7. The van der Waals surface area contributed by atoms with Crippen LogP contribution in [0.4, 0.5) is 14.6 Å². The van der Waals surface area contributed by atoms with Gasteiger partial charge in [0.05, 0.1) is 0 Å². The Hall–Kier alpha value is -2.90. The summed E-state index contributed by atoms with van der Waals surface area (Å²) in [6.07, 6.45) is 3.77. The van der Waals surface area contributed by atoms with Gasteiger partial charge in [-0.05, 0) is 42.7 Å². The number of hydrogen-bond donors (Lipinski definition) is 2. The molecule has 0 amide bonds. The van der Waals surface area contributed by atoms with Crippen molar-refractivity contribution in [1.82, 2.24) is 15.2 Å². The molecular formula is C20H27F2N5O. The first-order chi connectivity index (χ1) is 13.6. The van der Waals surface area contributed by atoms with Crippen molar-refractivity contribution in [3.8, 4) is 5.75 Å². The molecule has 2 N–H and O–H groups in total. The second-order valence-corrected chi connectivity index (χ2v) is 6.20. The highest BCUT2D eigenvalue weighted by atomic mass is 19.3. The molecule has 28 heavy (non-hydrogen) atoms. The van der Waals surface area contributed by atoms with E-state index in [0.29, 0.717) is 6.54 Å². The molecule has 0 unspecified atom stereocenters. The maximum atomic E-state index is 12.2. The van der Waals surface area contributed by atoms with Crippen molar-refractivity contribution in [3.05, 3.63) is 54.2 Å². The van der Waals surface area contributed by atoms with Crippen molar-refractivity contribution in [2.45, 2.75) is 26.0 Å². The maximum Gasteiger partial charge on any atom is 0.387 e. The fraction of sp³-hybridized carbons (Fsp3) is 0.400. The van der Waals surface area contributed by atoms with Crippen molar-refractivity contribution < 1.29 is 13.5 Å². The van der Waals surface area contributed by atoms with Crippen LogP contribution in [0.2, 0.25) is 0 Å². The van der Waals surface area contributed by atoms with Gasteiger partial charge in [0.2, 0.25) is 0 Å². The highest BCUT2D eigenvalue weighted by Gasteiger charge is 2.08. The first-order valence-electron chi connectivity index (χ1n) is 9.19. The van der Waals surface area contributed by atoms with E-state index in [1.165, 1.54) is 0 Å². The van der Waals surface area contributed by atoms with E-state index in [-0.39, 0.29) is 5.75 Å². The predicted molar refractivity (Wildman–Crippen MR) is 108 cm³/mol. The number of anilines is 1. The molecule has 0 saturated heterocycles. The number of pyridine rings is 1. The molecule has 0 atom stereocenters. The lowest BCUT2D eigenvalue weighted by Gasteiger charge is -2.22. The predicted octanol–water partition coefficient (Wildman–Crippen LogP) is 3.58. The molecule has 6 nitrogen and oxygen atoms in total. The Morgan fingerprint density at radius 3 is 2.54 bits per heavy atom. The van der Waals surface area contributed by atoms with E-state index in [4.69, 9.17) is 0 Å². The Kier molecular flexibility index (Phi) is 8.97. The van der Waals surface area contributed by atoms with Crippen LogP contribution in [0, 0.1) is 0 Å². The molecule has 0 aliphatic rings. The van der Waals surface area contributed by atoms with Crippen LogP contribution in [0.25, 0.3) is 0 Å². The molecule has 0 radical (unpaired) electrons. The molecule has 0 aliphatic carbocycles. The van der Waals surface area contributed by atoms with Crippen LogP contribution in [0.15, 0.2) is 53.7 Å². The fourth-order valence-corrected chi connectivity index (χ4v) is 2.64. The van der Waals surface area contributed by atoms with Crippen molar-refractivity contribution in [2.24, 2.45) is 4.99 Å². The van der Waals surface area contributed by atoms with E-state index in [1.807, 2.05) is 30.1 Å². The van der Waals surface area contributed by atoms with Crippen molar-refractivity contribution in [2.75, 3.05) is 32.5 Å². The average molecular weight is 391 g/mol. The fourth-order valence-electron chi connectivity index (χ4n) is 2.64. The first-order valence-corrected chi connectivity index (χ1v) is 9.19. The lowest BCUT2D eigenvalue weighted by molar-refractivity contribution is -0.0498. The summed E-state index contributed by atoms with van der Waals surface area (Å²) in [6, 6.07) is 12.4. The number of rotatable bonds is 10. The summed E-state index contributed by atoms with van der Waals surface area (Å²) in [5.41, 5.74) is 0.978. The van der Waals surface area contributed by atoms with Gasteiger partial charge in [-0.3, -0.25) is 4.99 Å². The second-order valence-electron chi connectivity index (χ2n) is 6.20. The molecule has 1 aromatic carbocycles.